The number of hydrogen-bond acceptors (Lipinski definition) is 5. The molecule has 0 bridgehead atoms. The van der Waals surface area contributed by atoms with Crippen molar-refractivity contribution in [1.82, 2.24) is 9.66 Å². The lowest BCUT2D eigenvalue weighted by molar-refractivity contribution is 0.818. The molecule has 6 heteroatoms. The number of aryl methyl sites for hydroxylation is 2. The highest BCUT2D eigenvalue weighted by Gasteiger charge is 2.11. The Morgan fingerprint density at radius 3 is 2.68 bits per heavy atom. The van der Waals surface area contributed by atoms with Crippen molar-refractivity contribution < 1.29 is 0 Å². The number of thioether (sulfide) groups is 1. The number of nitrogens with zero attached hydrogens (tertiary/aromatic N) is 3. The van der Waals surface area contributed by atoms with E-state index in [9.17, 15) is 4.79 Å². The summed E-state index contributed by atoms with van der Waals surface area (Å²) >= 11 is 3.23. The maximum absolute atomic E-state index is 12.5. The topological polar surface area (TPSA) is 47.2 Å². The van der Waals surface area contributed by atoms with E-state index in [1.54, 1.807) is 29.3 Å². The number of thiophene rings is 1. The normalized spacial score (nSPS) is 11.6. The van der Waals surface area contributed by atoms with E-state index in [-0.39, 0.29) is 5.56 Å². The molecule has 0 radical (unpaired) electrons. The number of aromatic nitrogens is 2. The van der Waals surface area contributed by atoms with E-state index in [0.717, 1.165) is 20.8 Å². The SMILES string of the molecule is CSc1ccc(C=Nn2cnc3sc(C)c(C)c3c2=O)cc1. The van der Waals surface area contributed by atoms with Crippen LogP contribution in [0.4, 0.5) is 0 Å². The van der Waals surface area contributed by atoms with Crippen LogP contribution in [0.2, 0.25) is 0 Å². The fourth-order valence-corrected chi connectivity index (χ4v) is 3.52. The van der Waals surface area contributed by atoms with Crippen molar-refractivity contribution in [3.05, 3.63) is 57.0 Å². The smallest absolute Gasteiger partial charge is 0.267 e. The summed E-state index contributed by atoms with van der Waals surface area (Å²) in [5.41, 5.74) is 1.82. The predicted octanol–water partition coefficient (Wildman–Crippen LogP) is 3.68. The molecule has 0 saturated heterocycles. The molecule has 0 spiro atoms. The molecule has 112 valence electrons. The Morgan fingerprint density at radius 2 is 2.00 bits per heavy atom. The van der Waals surface area contributed by atoms with Crippen LogP contribution < -0.4 is 5.56 Å². The highest BCUT2D eigenvalue weighted by Crippen LogP contribution is 2.25. The molecule has 0 unspecified atom stereocenters. The van der Waals surface area contributed by atoms with Crippen LogP contribution in [-0.4, -0.2) is 22.1 Å². The molecule has 3 rings (SSSR count). The molecule has 0 atom stereocenters. The molecule has 0 aliphatic heterocycles. The van der Waals surface area contributed by atoms with Crippen LogP contribution in [0.1, 0.15) is 16.0 Å². The van der Waals surface area contributed by atoms with Crippen LogP contribution in [-0.2, 0) is 0 Å². The van der Waals surface area contributed by atoms with Gasteiger partial charge in [0.25, 0.3) is 5.56 Å². The van der Waals surface area contributed by atoms with Crippen molar-refractivity contribution >= 4 is 39.5 Å². The van der Waals surface area contributed by atoms with Gasteiger partial charge in [-0.1, -0.05) is 12.1 Å². The van der Waals surface area contributed by atoms with Crippen molar-refractivity contribution in [3.8, 4) is 0 Å². The Balaban J connectivity index is 1.99. The molecule has 0 N–H and O–H groups in total. The van der Waals surface area contributed by atoms with E-state index < -0.39 is 0 Å². The highest BCUT2D eigenvalue weighted by atomic mass is 32.2. The van der Waals surface area contributed by atoms with E-state index in [1.807, 2.05) is 44.4 Å². The lowest BCUT2D eigenvalue weighted by Crippen LogP contribution is -2.16. The van der Waals surface area contributed by atoms with Crippen LogP contribution >= 0.6 is 23.1 Å². The fraction of sp³-hybridized carbons (Fsp3) is 0.188. The summed E-state index contributed by atoms with van der Waals surface area (Å²) in [5, 5.41) is 4.91. The monoisotopic (exact) mass is 329 g/mol. The summed E-state index contributed by atoms with van der Waals surface area (Å²) < 4.78 is 1.30. The molecule has 22 heavy (non-hydrogen) atoms. The molecule has 0 fully saturated rings. The van der Waals surface area contributed by atoms with E-state index in [2.05, 4.69) is 10.1 Å². The quantitative estimate of drug-likeness (QED) is 0.544. The minimum Gasteiger partial charge on any atom is -0.267 e. The average Bonchev–Trinajstić information content (AvgIpc) is 2.83. The van der Waals surface area contributed by atoms with Gasteiger partial charge < -0.3 is 0 Å². The molecular weight excluding hydrogens is 314 g/mol. The first-order chi connectivity index (χ1) is 10.6. The van der Waals surface area contributed by atoms with Gasteiger partial charge in [0, 0.05) is 9.77 Å². The van der Waals surface area contributed by atoms with Crippen LogP contribution in [0.25, 0.3) is 10.2 Å². The third-order valence-electron chi connectivity index (χ3n) is 3.52. The molecule has 0 aliphatic rings. The highest BCUT2D eigenvalue weighted by molar-refractivity contribution is 7.98. The molecule has 4 nitrogen and oxygen atoms in total. The van der Waals surface area contributed by atoms with Gasteiger partial charge in [0.2, 0.25) is 0 Å². The third kappa shape index (κ3) is 2.71. The molecule has 0 aliphatic carbocycles. The lowest BCUT2D eigenvalue weighted by atomic mass is 10.2. The van der Waals surface area contributed by atoms with Gasteiger partial charge in [-0.25, -0.2) is 4.98 Å². The Kier molecular flexibility index (Phi) is 4.13. The number of rotatable bonds is 3. The van der Waals surface area contributed by atoms with Crippen molar-refractivity contribution in [2.24, 2.45) is 5.10 Å². The summed E-state index contributed by atoms with van der Waals surface area (Å²) in [7, 11) is 0. The van der Waals surface area contributed by atoms with Gasteiger partial charge in [-0.3, -0.25) is 4.79 Å². The van der Waals surface area contributed by atoms with Crippen LogP contribution in [0, 0.1) is 13.8 Å². The molecule has 0 saturated carbocycles. The Morgan fingerprint density at radius 1 is 1.27 bits per heavy atom. The van der Waals surface area contributed by atoms with E-state index >= 15 is 0 Å². The Labute approximate surface area is 136 Å². The summed E-state index contributed by atoms with van der Waals surface area (Å²) in [6.07, 6.45) is 5.19. The van der Waals surface area contributed by atoms with Gasteiger partial charge in [0.05, 0.1) is 11.6 Å². The second kappa shape index (κ2) is 6.06. The number of benzene rings is 1. The summed E-state index contributed by atoms with van der Waals surface area (Å²) in [6, 6.07) is 8.02. The zero-order chi connectivity index (χ0) is 15.7. The Bertz CT molecular complexity index is 908. The zero-order valence-corrected chi connectivity index (χ0v) is 14.2. The third-order valence-corrected chi connectivity index (χ3v) is 5.38. The van der Waals surface area contributed by atoms with Crippen LogP contribution in [0.3, 0.4) is 0 Å². The fourth-order valence-electron chi connectivity index (χ4n) is 2.13. The molecule has 3 aromatic rings. The first-order valence-electron chi connectivity index (χ1n) is 6.76. The van der Waals surface area contributed by atoms with Gasteiger partial charge in [0.1, 0.15) is 11.2 Å². The molecule has 2 heterocycles. The van der Waals surface area contributed by atoms with Crippen molar-refractivity contribution in [1.29, 1.82) is 0 Å². The predicted molar refractivity (Wildman–Crippen MR) is 94.6 cm³/mol. The lowest BCUT2D eigenvalue weighted by Gasteiger charge is -1.99. The largest absolute Gasteiger partial charge is 0.282 e. The van der Waals surface area contributed by atoms with Gasteiger partial charge in [-0.15, -0.1) is 23.1 Å². The molecule has 0 amide bonds. The molecular formula is C16H15N3OS2. The van der Waals surface area contributed by atoms with Gasteiger partial charge in [-0.05, 0) is 43.4 Å². The summed E-state index contributed by atoms with van der Waals surface area (Å²) in [5.74, 6) is 0. The second-order valence-corrected chi connectivity index (χ2v) is 6.96. The van der Waals surface area contributed by atoms with Crippen LogP contribution in [0.5, 0.6) is 0 Å². The van der Waals surface area contributed by atoms with E-state index in [0.29, 0.717) is 5.39 Å². The van der Waals surface area contributed by atoms with Gasteiger partial charge in [-0.2, -0.15) is 9.78 Å². The summed E-state index contributed by atoms with van der Waals surface area (Å²) in [4.78, 5) is 19.9. The minimum absolute atomic E-state index is 0.121. The van der Waals surface area contributed by atoms with E-state index in [4.69, 9.17) is 0 Å². The van der Waals surface area contributed by atoms with Gasteiger partial charge >= 0.3 is 0 Å². The Hall–Kier alpha value is -1.92. The van der Waals surface area contributed by atoms with Crippen LogP contribution in [0.15, 0.2) is 45.4 Å². The van der Waals surface area contributed by atoms with E-state index in [1.165, 1.54) is 15.9 Å². The minimum atomic E-state index is -0.121. The van der Waals surface area contributed by atoms with Gasteiger partial charge in [0.15, 0.2) is 0 Å². The first kappa shape index (κ1) is 15.0. The van der Waals surface area contributed by atoms with Crippen molar-refractivity contribution in [3.63, 3.8) is 0 Å². The second-order valence-electron chi connectivity index (χ2n) is 4.88. The average molecular weight is 329 g/mol. The number of fused-ring (bicyclic) bond motifs is 1. The maximum Gasteiger partial charge on any atom is 0.282 e. The molecule has 1 aromatic carbocycles. The molecule has 2 aromatic heterocycles. The first-order valence-corrected chi connectivity index (χ1v) is 8.80. The van der Waals surface area contributed by atoms with Crippen molar-refractivity contribution in [2.75, 3.05) is 6.26 Å². The summed E-state index contributed by atoms with van der Waals surface area (Å²) in [6.45, 7) is 3.95. The zero-order valence-electron chi connectivity index (χ0n) is 12.5. The van der Waals surface area contributed by atoms with Crippen molar-refractivity contribution in [2.45, 2.75) is 18.7 Å². The maximum atomic E-state index is 12.5. The number of hydrogen-bond donors (Lipinski definition) is 0. The standard InChI is InChI=1S/C16H15N3OS2/c1-10-11(2)22-15-14(10)16(20)19(9-17-15)18-8-12-4-6-13(21-3)7-5-12/h4-9H,1-3H3.